The molecule has 1 heterocycles. The van der Waals surface area contributed by atoms with Gasteiger partial charge in [-0.25, -0.2) is 0 Å². The first-order valence-electron chi connectivity index (χ1n) is 7.64. The third-order valence-electron chi connectivity index (χ3n) is 3.20. The number of hydrogen-bond acceptors (Lipinski definition) is 3. The molecule has 1 aliphatic rings. The lowest BCUT2D eigenvalue weighted by atomic mass is 10.1. The van der Waals surface area contributed by atoms with Gasteiger partial charge in [-0.1, -0.05) is 19.9 Å². The third kappa shape index (κ3) is 9.49. The molecule has 0 radical (unpaired) electrons. The Labute approximate surface area is 114 Å². The Morgan fingerprint density at radius 1 is 1.28 bits per heavy atom. The van der Waals surface area contributed by atoms with Crippen LogP contribution in [0.5, 0.6) is 0 Å². The summed E-state index contributed by atoms with van der Waals surface area (Å²) in [7, 11) is 0. The van der Waals surface area contributed by atoms with Crippen molar-refractivity contribution in [2.24, 2.45) is 0 Å². The molecule has 0 saturated carbocycles. The quantitative estimate of drug-likeness (QED) is 0.584. The minimum absolute atomic E-state index is 0.774. The lowest BCUT2D eigenvalue weighted by molar-refractivity contribution is 0.517. The second kappa shape index (κ2) is 12.9. The van der Waals surface area contributed by atoms with Crippen molar-refractivity contribution in [1.82, 2.24) is 16.0 Å². The molecule has 1 aliphatic heterocycles. The van der Waals surface area contributed by atoms with E-state index in [9.17, 15) is 0 Å². The Morgan fingerprint density at radius 2 is 2.06 bits per heavy atom. The normalized spacial score (nSPS) is 19.3. The molecule has 1 rings (SSSR count). The van der Waals surface area contributed by atoms with Crippen LogP contribution in [0.3, 0.4) is 0 Å². The van der Waals surface area contributed by atoms with Gasteiger partial charge in [-0.05, 0) is 59.2 Å². The molecular formula is C15H33N3. The van der Waals surface area contributed by atoms with Gasteiger partial charge in [0.15, 0.2) is 0 Å². The monoisotopic (exact) mass is 255 g/mol. The number of rotatable bonds is 8. The molecule has 0 aromatic carbocycles. The Kier molecular flexibility index (Phi) is 12.5. The van der Waals surface area contributed by atoms with Crippen molar-refractivity contribution in [3.63, 3.8) is 0 Å². The second-order valence-corrected chi connectivity index (χ2v) is 4.58. The van der Waals surface area contributed by atoms with E-state index >= 15 is 0 Å². The maximum atomic E-state index is 3.52. The third-order valence-corrected chi connectivity index (χ3v) is 3.20. The summed E-state index contributed by atoms with van der Waals surface area (Å²) in [4.78, 5) is 0. The van der Waals surface area contributed by atoms with Gasteiger partial charge in [-0.2, -0.15) is 0 Å². The van der Waals surface area contributed by atoms with Gasteiger partial charge >= 0.3 is 0 Å². The van der Waals surface area contributed by atoms with Crippen LogP contribution in [-0.2, 0) is 0 Å². The summed E-state index contributed by atoms with van der Waals surface area (Å²) in [5, 5.41) is 10.4. The van der Waals surface area contributed by atoms with E-state index < -0.39 is 0 Å². The van der Waals surface area contributed by atoms with Gasteiger partial charge in [0.25, 0.3) is 0 Å². The molecule has 3 nitrogen and oxygen atoms in total. The van der Waals surface area contributed by atoms with E-state index in [0.717, 1.165) is 25.7 Å². The van der Waals surface area contributed by atoms with Crippen LogP contribution < -0.4 is 16.0 Å². The summed E-state index contributed by atoms with van der Waals surface area (Å²) in [6.45, 7) is 12.7. The highest BCUT2D eigenvalue weighted by molar-refractivity contribution is 4.91. The Hall–Kier alpha value is -0.540. The average Bonchev–Trinajstić information content (AvgIpc) is 2.92. The Balaban J connectivity index is 0.00000137. The van der Waals surface area contributed by atoms with Gasteiger partial charge in [-0.3, -0.25) is 0 Å². The van der Waals surface area contributed by atoms with Crippen LogP contribution in [0.2, 0.25) is 0 Å². The molecule has 3 heteroatoms. The predicted molar refractivity (Wildman–Crippen MR) is 81.9 cm³/mol. The van der Waals surface area contributed by atoms with Crippen LogP contribution in [0.1, 0.15) is 53.4 Å². The van der Waals surface area contributed by atoms with Gasteiger partial charge in [0.05, 0.1) is 0 Å². The largest absolute Gasteiger partial charge is 0.389 e. The molecule has 1 unspecified atom stereocenters. The molecule has 108 valence electrons. The van der Waals surface area contributed by atoms with Gasteiger partial charge in [0.2, 0.25) is 0 Å². The first-order valence-corrected chi connectivity index (χ1v) is 7.64. The minimum Gasteiger partial charge on any atom is -0.389 e. The first kappa shape index (κ1) is 17.5. The smallest absolute Gasteiger partial charge is 0.0155 e. The second-order valence-electron chi connectivity index (χ2n) is 4.58. The minimum atomic E-state index is 0.774. The maximum Gasteiger partial charge on any atom is 0.0155 e. The number of nitrogens with one attached hydrogen (secondary N) is 3. The Morgan fingerprint density at radius 3 is 2.67 bits per heavy atom. The van der Waals surface area contributed by atoms with Gasteiger partial charge < -0.3 is 16.0 Å². The summed E-state index contributed by atoms with van der Waals surface area (Å²) in [6, 6.07) is 0.774. The highest BCUT2D eigenvalue weighted by Crippen LogP contribution is 2.07. The van der Waals surface area contributed by atoms with E-state index in [1.807, 2.05) is 13.8 Å². The summed E-state index contributed by atoms with van der Waals surface area (Å²) < 4.78 is 0. The highest BCUT2D eigenvalue weighted by atomic mass is 15.0. The highest BCUT2D eigenvalue weighted by Gasteiger charge is 2.12. The Bertz CT molecular complexity index is 196. The summed E-state index contributed by atoms with van der Waals surface area (Å²) in [5.41, 5.74) is 1.27. The summed E-state index contributed by atoms with van der Waals surface area (Å²) in [6.07, 6.45) is 7.31. The molecule has 0 aromatic heterocycles. The molecule has 0 bridgehead atoms. The lowest BCUT2D eigenvalue weighted by Crippen LogP contribution is -2.28. The number of hydrogen-bond donors (Lipinski definition) is 3. The van der Waals surface area contributed by atoms with E-state index in [1.54, 1.807) is 0 Å². The van der Waals surface area contributed by atoms with E-state index in [4.69, 9.17) is 0 Å². The van der Waals surface area contributed by atoms with Crippen molar-refractivity contribution in [3.8, 4) is 0 Å². The fraction of sp³-hybridized carbons (Fsp3) is 0.867. The average molecular weight is 255 g/mol. The van der Waals surface area contributed by atoms with Crippen molar-refractivity contribution >= 4 is 0 Å². The molecule has 1 atom stereocenters. The number of allylic oxidation sites excluding steroid dienone is 2. The van der Waals surface area contributed by atoms with Crippen molar-refractivity contribution < 1.29 is 0 Å². The maximum absolute atomic E-state index is 3.52. The van der Waals surface area contributed by atoms with E-state index in [1.165, 1.54) is 37.9 Å². The van der Waals surface area contributed by atoms with Crippen LogP contribution in [0.4, 0.5) is 0 Å². The van der Waals surface area contributed by atoms with Crippen molar-refractivity contribution in [1.29, 1.82) is 0 Å². The van der Waals surface area contributed by atoms with Crippen molar-refractivity contribution in [2.45, 2.75) is 59.4 Å². The zero-order valence-electron chi connectivity index (χ0n) is 12.8. The van der Waals surface area contributed by atoms with Gasteiger partial charge in [0, 0.05) is 18.3 Å². The fourth-order valence-corrected chi connectivity index (χ4v) is 2.01. The topological polar surface area (TPSA) is 36.1 Å². The van der Waals surface area contributed by atoms with E-state index in [0.29, 0.717) is 0 Å². The van der Waals surface area contributed by atoms with Crippen LogP contribution in [0, 0.1) is 0 Å². The van der Waals surface area contributed by atoms with Crippen LogP contribution in [0.15, 0.2) is 11.8 Å². The van der Waals surface area contributed by atoms with E-state index in [-0.39, 0.29) is 0 Å². The molecule has 0 aromatic rings. The first-order chi connectivity index (χ1) is 8.83. The van der Waals surface area contributed by atoms with Crippen LogP contribution >= 0.6 is 0 Å². The standard InChI is InChI=1S/C13H27N3.C2H6/c1-3-12(2)15-10-5-8-14-11-7-13-6-4-9-16-13;1-2/h3,13-16H,4-11H2,1-2H3;1-2H3/b12-3-;. The molecule has 1 saturated heterocycles. The van der Waals surface area contributed by atoms with Crippen LogP contribution in [0.25, 0.3) is 0 Å². The fourth-order valence-electron chi connectivity index (χ4n) is 2.01. The zero-order chi connectivity index (χ0) is 13.6. The molecular weight excluding hydrogens is 222 g/mol. The molecule has 1 fully saturated rings. The summed E-state index contributed by atoms with van der Waals surface area (Å²) >= 11 is 0. The molecule has 0 amide bonds. The zero-order valence-corrected chi connectivity index (χ0v) is 12.8. The van der Waals surface area contributed by atoms with Gasteiger partial charge in [-0.15, -0.1) is 0 Å². The van der Waals surface area contributed by atoms with Crippen molar-refractivity contribution in [2.75, 3.05) is 26.2 Å². The van der Waals surface area contributed by atoms with Gasteiger partial charge in [0.1, 0.15) is 0 Å². The van der Waals surface area contributed by atoms with Crippen molar-refractivity contribution in [3.05, 3.63) is 11.8 Å². The molecule has 0 spiro atoms. The SMILES string of the molecule is C/C=C(/C)NCCCNCCC1CCCN1.CC. The molecule has 3 N–H and O–H groups in total. The van der Waals surface area contributed by atoms with E-state index in [2.05, 4.69) is 35.9 Å². The molecule has 0 aliphatic carbocycles. The predicted octanol–water partition coefficient (Wildman–Crippen LogP) is 2.65. The molecule has 18 heavy (non-hydrogen) atoms. The lowest BCUT2D eigenvalue weighted by Gasteiger charge is -2.11. The van der Waals surface area contributed by atoms with Crippen LogP contribution in [-0.4, -0.2) is 32.2 Å². The summed E-state index contributed by atoms with van der Waals surface area (Å²) in [5.74, 6) is 0.